The summed E-state index contributed by atoms with van der Waals surface area (Å²) in [5.74, 6) is -9.77. The molecule has 3 aliphatic rings. The summed E-state index contributed by atoms with van der Waals surface area (Å²) in [4.78, 5) is 90.2. The summed E-state index contributed by atoms with van der Waals surface area (Å²) in [6, 6.07) is 0. The second-order valence-electron chi connectivity index (χ2n) is 13.2. The molecule has 0 aromatic rings. The molecule has 49 heavy (non-hydrogen) atoms. The van der Waals surface area contributed by atoms with Gasteiger partial charge in [-0.15, -0.1) is 0 Å². The van der Waals surface area contributed by atoms with Crippen LogP contribution in [0, 0.1) is 23.2 Å². The van der Waals surface area contributed by atoms with E-state index in [1.807, 2.05) is 0 Å². The number of aliphatic hydroxyl groups excluding tert-OH is 1. The molecule has 2 fully saturated rings. The third-order valence-corrected chi connectivity index (χ3v) is 9.72. The number of fused-ring (bicyclic) bond motifs is 2. The molecule has 0 radical (unpaired) electrons. The molecule has 12 unspecified atom stereocenters. The molecule has 1 saturated heterocycles. The molecule has 12 atom stereocenters. The van der Waals surface area contributed by atoms with Crippen molar-refractivity contribution in [3.8, 4) is 0 Å². The summed E-state index contributed by atoms with van der Waals surface area (Å²) in [6.45, 7) is 10.3. The maximum Gasteiger partial charge on any atom is 0.337 e. The van der Waals surface area contributed by atoms with Crippen molar-refractivity contribution in [2.24, 2.45) is 23.2 Å². The van der Waals surface area contributed by atoms with E-state index >= 15 is 0 Å². The fraction of sp³-hybridized carbons (Fsp3) is 0.727. The largest absolute Gasteiger partial charge is 0.466 e. The van der Waals surface area contributed by atoms with Crippen molar-refractivity contribution in [3.63, 3.8) is 0 Å². The van der Waals surface area contributed by atoms with Gasteiger partial charge in [-0.1, -0.05) is 13.8 Å². The van der Waals surface area contributed by atoms with E-state index in [0.29, 0.717) is 0 Å². The van der Waals surface area contributed by atoms with Crippen molar-refractivity contribution in [1.82, 2.24) is 0 Å². The Morgan fingerprint density at radius 1 is 0.898 bits per heavy atom. The highest BCUT2D eigenvalue weighted by Gasteiger charge is 2.70. The minimum atomic E-state index is -2.48. The van der Waals surface area contributed by atoms with E-state index in [9.17, 15) is 43.8 Å². The first-order chi connectivity index (χ1) is 22.7. The van der Waals surface area contributed by atoms with Crippen LogP contribution in [0.1, 0.15) is 74.7 Å². The Bertz CT molecular complexity index is 1370. The van der Waals surface area contributed by atoms with Gasteiger partial charge in [-0.3, -0.25) is 28.8 Å². The molecule has 2 N–H and O–H groups in total. The van der Waals surface area contributed by atoms with Gasteiger partial charge < -0.3 is 43.4 Å². The first-order valence-corrected chi connectivity index (χ1v) is 16.0. The molecule has 2 aliphatic carbocycles. The maximum absolute atomic E-state index is 13.4. The summed E-state index contributed by atoms with van der Waals surface area (Å²) in [5.41, 5.74) is -4.61. The molecule has 0 aromatic heterocycles. The van der Waals surface area contributed by atoms with E-state index in [4.69, 9.17) is 33.2 Å². The van der Waals surface area contributed by atoms with Crippen molar-refractivity contribution in [3.05, 3.63) is 11.6 Å². The molecule has 1 saturated carbocycles. The lowest BCUT2D eigenvalue weighted by Gasteiger charge is -2.58. The predicted octanol–water partition coefficient (Wildman–Crippen LogP) is 0.854. The third-order valence-electron chi connectivity index (χ3n) is 9.72. The molecule has 274 valence electrons. The molecular weight excluding hydrogens is 652 g/mol. The Kier molecular flexibility index (Phi) is 12.2. The fourth-order valence-electron chi connectivity index (χ4n) is 7.52. The second-order valence-corrected chi connectivity index (χ2v) is 13.2. The Hall–Kier alpha value is -4.05. The monoisotopic (exact) mass is 698 g/mol. The average molecular weight is 699 g/mol. The van der Waals surface area contributed by atoms with Crippen LogP contribution in [0.2, 0.25) is 0 Å². The smallest absolute Gasteiger partial charge is 0.337 e. The molecule has 0 spiro atoms. The minimum Gasteiger partial charge on any atom is -0.466 e. The minimum absolute atomic E-state index is 0.156. The molecule has 1 aliphatic heterocycles. The summed E-state index contributed by atoms with van der Waals surface area (Å²) in [7, 11) is 1.03. The highest BCUT2D eigenvalue weighted by molar-refractivity contribution is 5.90. The lowest BCUT2D eigenvalue weighted by atomic mass is 9.52. The zero-order valence-electron chi connectivity index (χ0n) is 29.1. The first-order valence-electron chi connectivity index (χ1n) is 16.0. The van der Waals surface area contributed by atoms with Crippen LogP contribution in [0.25, 0.3) is 0 Å². The second kappa shape index (κ2) is 15.2. The van der Waals surface area contributed by atoms with Gasteiger partial charge in [-0.2, -0.15) is 0 Å². The van der Waals surface area contributed by atoms with Gasteiger partial charge in [0, 0.05) is 57.8 Å². The third kappa shape index (κ3) is 8.06. The lowest BCUT2D eigenvalue weighted by molar-refractivity contribution is -0.254. The highest BCUT2D eigenvalue weighted by atomic mass is 16.6. The van der Waals surface area contributed by atoms with E-state index in [1.165, 1.54) is 27.7 Å². The van der Waals surface area contributed by atoms with Crippen LogP contribution in [0.3, 0.4) is 0 Å². The molecule has 3 rings (SSSR count). The van der Waals surface area contributed by atoms with Crippen molar-refractivity contribution in [1.29, 1.82) is 0 Å². The normalized spacial score (nSPS) is 36.3. The zero-order valence-corrected chi connectivity index (χ0v) is 29.1. The van der Waals surface area contributed by atoms with Crippen molar-refractivity contribution >= 4 is 41.8 Å². The topological polar surface area (TPSA) is 225 Å². The van der Waals surface area contributed by atoms with Crippen LogP contribution in [-0.2, 0) is 66.7 Å². The Morgan fingerprint density at radius 3 is 1.92 bits per heavy atom. The SMILES string of the molecule is COC(=O)C1=CC2OC(=O)C(C)C2(O)C(OC(C)=O)C2C(C)C(OC(C)=O)CC(OC(C)=O)C2(C)C(OC(C)=O)CC1OC(=O)CC(C)O. The van der Waals surface area contributed by atoms with E-state index in [2.05, 4.69) is 0 Å². The summed E-state index contributed by atoms with van der Waals surface area (Å²) in [5, 5.41) is 22.6. The van der Waals surface area contributed by atoms with Crippen molar-refractivity contribution in [2.45, 2.75) is 123 Å². The number of esters is 7. The molecule has 16 nitrogen and oxygen atoms in total. The van der Waals surface area contributed by atoms with Crippen molar-refractivity contribution in [2.75, 3.05) is 7.11 Å². The average Bonchev–Trinajstić information content (AvgIpc) is 3.18. The zero-order chi connectivity index (χ0) is 37.2. The molecule has 0 aromatic carbocycles. The number of rotatable bonds is 8. The maximum atomic E-state index is 13.4. The lowest BCUT2D eigenvalue weighted by Crippen LogP contribution is -2.69. The van der Waals surface area contributed by atoms with Gasteiger partial charge in [0.2, 0.25) is 0 Å². The van der Waals surface area contributed by atoms with Gasteiger partial charge in [-0.05, 0) is 19.9 Å². The van der Waals surface area contributed by atoms with Crippen LogP contribution in [0.4, 0.5) is 0 Å². The van der Waals surface area contributed by atoms with Gasteiger partial charge in [0.1, 0.15) is 30.5 Å². The van der Waals surface area contributed by atoms with E-state index in [0.717, 1.165) is 34.0 Å². The summed E-state index contributed by atoms with van der Waals surface area (Å²) < 4.78 is 39.5. The number of hydrogen-bond acceptors (Lipinski definition) is 16. The summed E-state index contributed by atoms with van der Waals surface area (Å²) in [6.07, 6.45) is -10.1. The molecule has 1 heterocycles. The van der Waals surface area contributed by atoms with E-state index in [-0.39, 0.29) is 6.42 Å². The Labute approximate surface area is 283 Å². The van der Waals surface area contributed by atoms with Crippen LogP contribution >= 0.6 is 0 Å². The number of ether oxygens (including phenoxy) is 7. The van der Waals surface area contributed by atoms with Crippen LogP contribution in [0.15, 0.2) is 11.6 Å². The molecule has 0 bridgehead atoms. The van der Waals surface area contributed by atoms with Gasteiger partial charge in [-0.25, -0.2) is 4.79 Å². The molecule has 0 amide bonds. The Balaban J connectivity index is 2.53. The number of carbonyl (C=O) groups is 7. The fourth-order valence-corrected chi connectivity index (χ4v) is 7.52. The van der Waals surface area contributed by atoms with Gasteiger partial charge in [0.15, 0.2) is 11.7 Å². The quantitative estimate of drug-likeness (QED) is 0.265. The molecule has 16 heteroatoms. The Morgan fingerprint density at radius 2 is 1.43 bits per heavy atom. The van der Waals surface area contributed by atoms with Crippen LogP contribution < -0.4 is 0 Å². The van der Waals surface area contributed by atoms with Crippen molar-refractivity contribution < 1.29 is 76.9 Å². The number of hydrogen-bond donors (Lipinski definition) is 2. The van der Waals surface area contributed by atoms with Gasteiger partial charge in [0.05, 0.1) is 31.1 Å². The number of aliphatic hydroxyl groups is 2. The first kappa shape index (κ1) is 39.4. The summed E-state index contributed by atoms with van der Waals surface area (Å²) >= 11 is 0. The molecular formula is C33H46O16. The van der Waals surface area contributed by atoms with E-state index in [1.54, 1.807) is 6.92 Å². The van der Waals surface area contributed by atoms with Crippen LogP contribution in [-0.4, -0.2) is 107 Å². The van der Waals surface area contributed by atoms with Gasteiger partial charge >= 0.3 is 41.8 Å². The standard InChI is InChI=1S/C33H46O16/c1-14(34)10-27(39)48-23-13-25(46-19(6)37)32(8)24(45-18(5)36)12-22(44-17(4)35)15(2)28(32)29(47-20(7)38)33(42)16(3)30(40)49-26(33)11-21(23)31(41)43-9/h11,14-16,22-26,28-29,34,42H,10,12-13H2,1-9H3. The van der Waals surface area contributed by atoms with Crippen LogP contribution in [0.5, 0.6) is 0 Å². The number of carbonyl (C=O) groups excluding carboxylic acids is 7. The van der Waals surface area contributed by atoms with Gasteiger partial charge in [0.25, 0.3) is 0 Å². The highest BCUT2D eigenvalue weighted by Crippen LogP contribution is 2.57. The van der Waals surface area contributed by atoms with E-state index < -0.39 is 132 Å². The number of methoxy groups -OCH3 is 1. The predicted molar refractivity (Wildman–Crippen MR) is 162 cm³/mol.